The summed E-state index contributed by atoms with van der Waals surface area (Å²) < 4.78 is 10.5. The van der Waals surface area contributed by atoms with Gasteiger partial charge in [-0.25, -0.2) is 4.79 Å². The highest BCUT2D eigenvalue weighted by Gasteiger charge is 2.23. The highest BCUT2D eigenvalue weighted by Crippen LogP contribution is 2.04. The van der Waals surface area contributed by atoms with Crippen LogP contribution in [0.2, 0.25) is 0 Å². The third kappa shape index (κ3) is 4.05. The van der Waals surface area contributed by atoms with Gasteiger partial charge in [0.2, 0.25) is 0 Å². The van der Waals surface area contributed by atoms with Crippen LogP contribution in [0, 0.1) is 0 Å². The third-order valence-electron chi connectivity index (χ3n) is 2.35. The number of nitrogens with one attached hydrogen (secondary N) is 1. The van der Waals surface area contributed by atoms with Crippen molar-refractivity contribution in [3.05, 3.63) is 0 Å². The maximum atomic E-state index is 11.5. The molecular weight excluding hydrogens is 196 g/mol. The average Bonchev–Trinajstić information content (AvgIpc) is 2.29. The summed E-state index contributed by atoms with van der Waals surface area (Å²) >= 11 is 0. The number of nitrogens with zero attached hydrogens (tertiary/aromatic N) is 1. The number of hydrogen-bond acceptors (Lipinski definition) is 4. The van der Waals surface area contributed by atoms with Crippen LogP contribution in [0.1, 0.15) is 19.8 Å². The SMILES string of the molecule is CCCCOC(=O)N(C)[C@H]1CNCCO1. The van der Waals surface area contributed by atoms with E-state index in [1.165, 1.54) is 4.90 Å². The molecule has 0 aromatic rings. The number of unbranched alkanes of at least 4 members (excludes halogenated alkanes) is 1. The van der Waals surface area contributed by atoms with Crippen LogP contribution in [0.5, 0.6) is 0 Å². The topological polar surface area (TPSA) is 50.8 Å². The van der Waals surface area contributed by atoms with Gasteiger partial charge in [-0.15, -0.1) is 0 Å². The average molecular weight is 216 g/mol. The van der Waals surface area contributed by atoms with Crippen molar-refractivity contribution in [1.29, 1.82) is 0 Å². The van der Waals surface area contributed by atoms with Crippen molar-refractivity contribution in [1.82, 2.24) is 10.2 Å². The summed E-state index contributed by atoms with van der Waals surface area (Å²) in [4.78, 5) is 13.0. The zero-order chi connectivity index (χ0) is 11.1. The van der Waals surface area contributed by atoms with Crippen LogP contribution in [0.25, 0.3) is 0 Å². The van der Waals surface area contributed by atoms with E-state index >= 15 is 0 Å². The lowest BCUT2D eigenvalue weighted by Crippen LogP contribution is -2.49. The van der Waals surface area contributed by atoms with Gasteiger partial charge in [0.25, 0.3) is 0 Å². The Hall–Kier alpha value is -0.810. The fourth-order valence-corrected chi connectivity index (χ4v) is 1.32. The van der Waals surface area contributed by atoms with Crippen molar-refractivity contribution >= 4 is 6.09 Å². The molecular formula is C10H20N2O3. The number of likely N-dealkylation sites (N-methyl/N-ethyl adjacent to an activating group) is 1. The number of carbonyl (C=O) groups excluding carboxylic acids is 1. The van der Waals surface area contributed by atoms with Crippen LogP contribution in [-0.4, -0.2) is 50.6 Å². The van der Waals surface area contributed by atoms with Crippen molar-refractivity contribution in [2.45, 2.75) is 26.0 Å². The van der Waals surface area contributed by atoms with Gasteiger partial charge in [0, 0.05) is 20.1 Å². The quantitative estimate of drug-likeness (QED) is 0.706. The molecule has 88 valence electrons. The van der Waals surface area contributed by atoms with Crippen LogP contribution in [0.4, 0.5) is 4.79 Å². The Kier molecular flexibility index (Phi) is 5.42. The molecule has 1 saturated heterocycles. The highest BCUT2D eigenvalue weighted by molar-refractivity contribution is 5.67. The van der Waals surface area contributed by atoms with E-state index in [1.807, 2.05) is 0 Å². The molecule has 0 unspecified atom stereocenters. The third-order valence-corrected chi connectivity index (χ3v) is 2.35. The molecule has 1 fully saturated rings. The minimum Gasteiger partial charge on any atom is -0.449 e. The Labute approximate surface area is 90.7 Å². The summed E-state index contributed by atoms with van der Waals surface area (Å²) in [5.74, 6) is 0. The van der Waals surface area contributed by atoms with Crippen LogP contribution in [-0.2, 0) is 9.47 Å². The van der Waals surface area contributed by atoms with Crippen LogP contribution in [0.3, 0.4) is 0 Å². The Morgan fingerprint density at radius 1 is 1.67 bits per heavy atom. The lowest BCUT2D eigenvalue weighted by molar-refractivity contribution is -0.0583. The van der Waals surface area contributed by atoms with Crippen molar-refractivity contribution in [2.24, 2.45) is 0 Å². The van der Waals surface area contributed by atoms with Gasteiger partial charge in [0.05, 0.1) is 13.2 Å². The van der Waals surface area contributed by atoms with Crippen molar-refractivity contribution in [3.63, 3.8) is 0 Å². The van der Waals surface area contributed by atoms with E-state index in [2.05, 4.69) is 12.2 Å². The molecule has 0 aliphatic carbocycles. The van der Waals surface area contributed by atoms with E-state index in [9.17, 15) is 4.79 Å². The summed E-state index contributed by atoms with van der Waals surface area (Å²) in [6.45, 7) is 4.69. The number of hydrogen-bond donors (Lipinski definition) is 1. The molecule has 1 atom stereocenters. The molecule has 1 aliphatic heterocycles. The summed E-state index contributed by atoms with van der Waals surface area (Å²) in [5.41, 5.74) is 0. The summed E-state index contributed by atoms with van der Waals surface area (Å²) in [7, 11) is 1.70. The van der Waals surface area contributed by atoms with Gasteiger partial charge < -0.3 is 14.8 Å². The van der Waals surface area contributed by atoms with Crippen LogP contribution >= 0.6 is 0 Å². The first-order valence-electron chi connectivity index (χ1n) is 5.47. The minimum atomic E-state index is -0.308. The van der Waals surface area contributed by atoms with Gasteiger partial charge in [-0.05, 0) is 6.42 Å². The minimum absolute atomic E-state index is 0.201. The molecule has 5 heteroatoms. The van der Waals surface area contributed by atoms with Gasteiger partial charge in [-0.1, -0.05) is 13.3 Å². The number of amides is 1. The molecule has 0 aromatic heterocycles. The zero-order valence-electron chi connectivity index (χ0n) is 9.49. The zero-order valence-corrected chi connectivity index (χ0v) is 9.49. The van der Waals surface area contributed by atoms with E-state index in [4.69, 9.17) is 9.47 Å². The van der Waals surface area contributed by atoms with Gasteiger partial charge in [0.15, 0.2) is 0 Å². The van der Waals surface area contributed by atoms with Crippen molar-refractivity contribution < 1.29 is 14.3 Å². The molecule has 1 aliphatic rings. The molecule has 5 nitrogen and oxygen atoms in total. The molecule has 0 bridgehead atoms. The lowest BCUT2D eigenvalue weighted by atomic mass is 10.4. The van der Waals surface area contributed by atoms with Crippen LogP contribution in [0.15, 0.2) is 0 Å². The maximum Gasteiger partial charge on any atom is 0.411 e. The smallest absolute Gasteiger partial charge is 0.411 e. The molecule has 0 aromatic carbocycles. The Morgan fingerprint density at radius 3 is 3.07 bits per heavy atom. The second-order valence-corrected chi connectivity index (χ2v) is 3.61. The molecule has 1 heterocycles. The first kappa shape index (κ1) is 12.3. The fourth-order valence-electron chi connectivity index (χ4n) is 1.32. The van der Waals surface area contributed by atoms with Gasteiger partial charge in [-0.2, -0.15) is 0 Å². The second kappa shape index (κ2) is 6.63. The monoisotopic (exact) mass is 216 g/mol. The normalized spacial score (nSPS) is 21.1. The van der Waals surface area contributed by atoms with E-state index in [0.717, 1.165) is 19.4 Å². The summed E-state index contributed by atoms with van der Waals surface area (Å²) in [6, 6.07) is 0. The Balaban J connectivity index is 2.24. The predicted octanol–water partition coefficient (Wildman–Crippen LogP) is 0.801. The second-order valence-electron chi connectivity index (χ2n) is 3.61. The van der Waals surface area contributed by atoms with Gasteiger partial charge >= 0.3 is 6.09 Å². The molecule has 0 radical (unpaired) electrons. The first-order chi connectivity index (χ1) is 7.25. The maximum absolute atomic E-state index is 11.5. The van der Waals surface area contributed by atoms with Crippen molar-refractivity contribution in [3.8, 4) is 0 Å². The first-order valence-corrected chi connectivity index (χ1v) is 5.47. The molecule has 1 rings (SSSR count). The molecule has 15 heavy (non-hydrogen) atoms. The standard InChI is InChI=1S/C10H20N2O3/c1-3-4-6-15-10(13)12(2)9-8-11-5-7-14-9/h9,11H,3-8H2,1-2H3/t9-/m1/s1. The fraction of sp³-hybridized carbons (Fsp3) is 0.900. The molecule has 1 N–H and O–H groups in total. The van der Waals surface area contributed by atoms with Crippen LogP contribution < -0.4 is 5.32 Å². The number of rotatable bonds is 4. The summed E-state index contributed by atoms with van der Waals surface area (Å²) in [5, 5.41) is 3.16. The number of ether oxygens (including phenoxy) is 2. The van der Waals surface area contributed by atoms with Crippen molar-refractivity contribution in [2.75, 3.05) is 33.4 Å². The predicted molar refractivity (Wildman–Crippen MR) is 56.6 cm³/mol. The summed E-state index contributed by atoms with van der Waals surface area (Å²) in [6.07, 6.45) is 1.42. The van der Waals surface area contributed by atoms with E-state index in [0.29, 0.717) is 19.8 Å². The molecule has 0 saturated carbocycles. The van der Waals surface area contributed by atoms with Gasteiger partial charge in [0.1, 0.15) is 6.23 Å². The van der Waals surface area contributed by atoms with E-state index in [-0.39, 0.29) is 12.3 Å². The highest BCUT2D eigenvalue weighted by atomic mass is 16.6. The van der Waals surface area contributed by atoms with E-state index < -0.39 is 0 Å². The Bertz CT molecular complexity index is 193. The number of carbonyl (C=O) groups is 1. The number of morpholine rings is 1. The Morgan fingerprint density at radius 2 is 2.47 bits per heavy atom. The van der Waals surface area contributed by atoms with Gasteiger partial charge in [-0.3, -0.25) is 4.90 Å². The largest absolute Gasteiger partial charge is 0.449 e. The lowest BCUT2D eigenvalue weighted by Gasteiger charge is -2.30. The molecule has 1 amide bonds. The molecule has 0 spiro atoms. The van der Waals surface area contributed by atoms with E-state index in [1.54, 1.807) is 7.05 Å².